The Hall–Kier alpha value is -1.14. The van der Waals surface area contributed by atoms with Gasteiger partial charge in [0, 0.05) is 27.8 Å². The smallest absolute Gasteiger partial charge is 0.138 e. The lowest BCUT2D eigenvalue weighted by Gasteiger charge is -2.07. The van der Waals surface area contributed by atoms with Gasteiger partial charge in [0.05, 0.1) is 25.6 Å². The van der Waals surface area contributed by atoms with Crippen LogP contribution in [0, 0.1) is 0 Å². The zero-order valence-electron chi connectivity index (χ0n) is 10.1. The molecule has 0 spiro atoms. The number of hydrogen-bond acceptors (Lipinski definition) is 4. The highest BCUT2D eigenvalue weighted by Crippen LogP contribution is 2.17. The van der Waals surface area contributed by atoms with Crippen molar-refractivity contribution in [3.63, 3.8) is 0 Å². The van der Waals surface area contributed by atoms with E-state index in [0.29, 0.717) is 13.2 Å². The van der Waals surface area contributed by atoms with Crippen LogP contribution in [0.3, 0.4) is 0 Å². The molecule has 0 radical (unpaired) electrons. The van der Waals surface area contributed by atoms with E-state index >= 15 is 0 Å². The van der Waals surface area contributed by atoms with Crippen LogP contribution in [0.2, 0.25) is 0 Å². The summed E-state index contributed by atoms with van der Waals surface area (Å²) in [6.07, 6.45) is 7.60. The van der Waals surface area contributed by atoms with Crippen LogP contribution >= 0.6 is 31.9 Å². The van der Waals surface area contributed by atoms with Gasteiger partial charge < -0.3 is 9.47 Å². The van der Waals surface area contributed by atoms with Crippen molar-refractivity contribution in [2.45, 2.75) is 6.42 Å². The van der Waals surface area contributed by atoms with Gasteiger partial charge in [-0.2, -0.15) is 0 Å². The summed E-state index contributed by atoms with van der Waals surface area (Å²) in [4.78, 5) is 8.05. The molecule has 0 saturated heterocycles. The maximum atomic E-state index is 5.55. The highest BCUT2D eigenvalue weighted by molar-refractivity contribution is 9.10. The minimum atomic E-state index is 0.583. The average Bonchev–Trinajstić information content (AvgIpc) is 2.38. The predicted octanol–water partition coefficient (Wildman–Crippen LogP) is 3.85. The van der Waals surface area contributed by atoms with Crippen LogP contribution in [-0.4, -0.2) is 23.2 Å². The molecule has 4 nitrogen and oxygen atoms in total. The Bertz CT molecular complexity index is 490. The Morgan fingerprint density at radius 2 is 1.26 bits per heavy atom. The summed E-state index contributed by atoms with van der Waals surface area (Å²) in [6.45, 7) is 1.17. The van der Waals surface area contributed by atoms with E-state index in [-0.39, 0.29) is 0 Å². The monoisotopic (exact) mass is 386 g/mol. The van der Waals surface area contributed by atoms with E-state index in [1.807, 2.05) is 12.1 Å². The normalized spacial score (nSPS) is 10.2. The summed E-state index contributed by atoms with van der Waals surface area (Å²) in [7, 11) is 0. The quantitative estimate of drug-likeness (QED) is 0.706. The predicted molar refractivity (Wildman–Crippen MR) is 79.5 cm³/mol. The van der Waals surface area contributed by atoms with E-state index < -0.39 is 0 Å². The van der Waals surface area contributed by atoms with Gasteiger partial charge in [-0.15, -0.1) is 0 Å². The second kappa shape index (κ2) is 7.45. The first-order valence-electron chi connectivity index (χ1n) is 5.71. The van der Waals surface area contributed by atoms with Gasteiger partial charge in [0.25, 0.3) is 0 Å². The first kappa shape index (κ1) is 14.3. The highest BCUT2D eigenvalue weighted by atomic mass is 79.9. The minimum absolute atomic E-state index is 0.583. The number of hydrogen-bond donors (Lipinski definition) is 0. The maximum absolute atomic E-state index is 5.55. The van der Waals surface area contributed by atoms with Crippen molar-refractivity contribution in [3.05, 3.63) is 45.9 Å². The summed E-state index contributed by atoms with van der Waals surface area (Å²) >= 11 is 6.69. The molecule has 0 aliphatic heterocycles. The topological polar surface area (TPSA) is 44.2 Å². The number of rotatable bonds is 6. The molecule has 0 atom stereocenters. The number of halogens is 2. The van der Waals surface area contributed by atoms with Crippen LogP contribution in [0.15, 0.2) is 45.9 Å². The molecule has 6 heteroatoms. The van der Waals surface area contributed by atoms with Crippen molar-refractivity contribution in [2.75, 3.05) is 13.2 Å². The van der Waals surface area contributed by atoms with Crippen molar-refractivity contribution < 1.29 is 9.47 Å². The van der Waals surface area contributed by atoms with E-state index in [1.165, 1.54) is 0 Å². The molecule has 0 fully saturated rings. The van der Waals surface area contributed by atoms with Gasteiger partial charge in [0.15, 0.2) is 0 Å². The van der Waals surface area contributed by atoms with Gasteiger partial charge in [0.1, 0.15) is 11.5 Å². The molecular formula is C13H12Br2N2O2. The molecule has 2 aromatic rings. The number of aromatic nitrogens is 2. The van der Waals surface area contributed by atoms with Crippen molar-refractivity contribution in [2.24, 2.45) is 0 Å². The van der Waals surface area contributed by atoms with Crippen LogP contribution in [-0.2, 0) is 0 Å². The lowest BCUT2D eigenvalue weighted by Crippen LogP contribution is -2.05. The number of nitrogens with zero attached hydrogens (tertiary/aromatic N) is 2. The van der Waals surface area contributed by atoms with E-state index in [0.717, 1.165) is 26.9 Å². The van der Waals surface area contributed by atoms with Gasteiger partial charge >= 0.3 is 0 Å². The summed E-state index contributed by atoms with van der Waals surface area (Å²) < 4.78 is 12.9. The van der Waals surface area contributed by atoms with Crippen molar-refractivity contribution in [1.29, 1.82) is 0 Å². The second-order valence-electron chi connectivity index (χ2n) is 3.73. The molecule has 0 aliphatic carbocycles. The second-order valence-corrected chi connectivity index (χ2v) is 5.56. The van der Waals surface area contributed by atoms with E-state index in [1.54, 1.807) is 24.8 Å². The summed E-state index contributed by atoms with van der Waals surface area (Å²) in [5.74, 6) is 1.50. The van der Waals surface area contributed by atoms with Crippen LogP contribution in [0.4, 0.5) is 0 Å². The zero-order valence-corrected chi connectivity index (χ0v) is 13.2. The molecule has 0 bridgehead atoms. The molecule has 0 N–H and O–H groups in total. The van der Waals surface area contributed by atoms with E-state index in [9.17, 15) is 0 Å². The summed E-state index contributed by atoms with van der Waals surface area (Å²) in [5.41, 5.74) is 0. The van der Waals surface area contributed by atoms with Gasteiger partial charge in [-0.25, -0.2) is 0 Å². The fourth-order valence-electron chi connectivity index (χ4n) is 1.38. The SMILES string of the molecule is Brc1cncc(OCCCOc2cncc(Br)c2)c1. The fraction of sp³-hybridized carbons (Fsp3) is 0.231. The highest BCUT2D eigenvalue weighted by Gasteiger charge is 1.98. The standard InChI is InChI=1S/C13H12Br2N2O2/c14-10-4-12(8-16-6-10)18-2-1-3-19-13-5-11(15)7-17-9-13/h4-9H,1-3H2. The fourth-order valence-corrected chi connectivity index (χ4v) is 2.07. The lowest BCUT2D eigenvalue weighted by atomic mass is 10.4. The molecule has 2 heterocycles. The molecule has 2 rings (SSSR count). The molecule has 0 saturated carbocycles. The van der Waals surface area contributed by atoms with Gasteiger partial charge in [-0.05, 0) is 44.0 Å². The Balaban J connectivity index is 1.67. The van der Waals surface area contributed by atoms with Crippen molar-refractivity contribution in [3.8, 4) is 11.5 Å². The zero-order chi connectivity index (χ0) is 13.5. The van der Waals surface area contributed by atoms with Crippen LogP contribution in [0.25, 0.3) is 0 Å². The number of pyridine rings is 2. The van der Waals surface area contributed by atoms with Gasteiger partial charge in [0.2, 0.25) is 0 Å². The van der Waals surface area contributed by atoms with E-state index in [2.05, 4.69) is 41.8 Å². The van der Waals surface area contributed by atoms with Crippen molar-refractivity contribution >= 4 is 31.9 Å². The average molecular weight is 388 g/mol. The van der Waals surface area contributed by atoms with Crippen molar-refractivity contribution in [1.82, 2.24) is 9.97 Å². The summed E-state index contributed by atoms with van der Waals surface area (Å²) in [5, 5.41) is 0. The maximum Gasteiger partial charge on any atom is 0.138 e. The first-order valence-corrected chi connectivity index (χ1v) is 7.29. The van der Waals surface area contributed by atoms with Gasteiger partial charge in [-0.1, -0.05) is 0 Å². The summed E-state index contributed by atoms with van der Waals surface area (Å²) in [6, 6.07) is 3.76. The molecule has 0 amide bonds. The molecule has 19 heavy (non-hydrogen) atoms. The van der Waals surface area contributed by atoms with Gasteiger partial charge in [-0.3, -0.25) is 9.97 Å². The Morgan fingerprint density at radius 1 is 0.789 bits per heavy atom. The Morgan fingerprint density at radius 3 is 1.68 bits per heavy atom. The van der Waals surface area contributed by atoms with Crippen LogP contribution in [0.1, 0.15) is 6.42 Å². The molecule has 100 valence electrons. The third-order valence-corrected chi connectivity index (χ3v) is 3.05. The lowest BCUT2D eigenvalue weighted by molar-refractivity contribution is 0.246. The Labute approximate surface area is 128 Å². The Kier molecular flexibility index (Phi) is 5.60. The van der Waals surface area contributed by atoms with Crippen LogP contribution < -0.4 is 9.47 Å². The third-order valence-electron chi connectivity index (χ3n) is 2.19. The molecule has 0 aliphatic rings. The minimum Gasteiger partial charge on any atom is -0.492 e. The first-order chi connectivity index (χ1) is 9.24. The molecule has 0 aromatic carbocycles. The van der Waals surface area contributed by atoms with E-state index in [4.69, 9.17) is 9.47 Å². The number of ether oxygens (including phenoxy) is 2. The molecule has 2 aromatic heterocycles. The largest absolute Gasteiger partial charge is 0.492 e. The third kappa shape index (κ3) is 5.16. The molecular weight excluding hydrogens is 376 g/mol. The molecule has 0 unspecified atom stereocenters. The van der Waals surface area contributed by atoms with Crippen LogP contribution in [0.5, 0.6) is 11.5 Å².